The maximum absolute atomic E-state index is 13.1. The van der Waals surface area contributed by atoms with E-state index >= 15 is 0 Å². The molecule has 2 aliphatic rings. The standard InChI is InChI=1S/C25H29N3O5S/c1-3-33-22(30)20-19(17-11-7-6-8-12-17)16(2)34-21(20)26-18(29)15-28-23(31)25(27-24(28)32)13-9-4-5-10-14-25/h6-8,11-12H,3-5,9-10,13-15H2,1-2H3,(H,26,29)(H,27,32). The first-order valence-corrected chi connectivity index (χ1v) is 12.5. The maximum Gasteiger partial charge on any atom is 0.341 e. The van der Waals surface area contributed by atoms with Crippen molar-refractivity contribution >= 4 is 40.2 Å². The van der Waals surface area contributed by atoms with Crippen LogP contribution >= 0.6 is 11.3 Å². The summed E-state index contributed by atoms with van der Waals surface area (Å²) in [6.45, 7) is 3.38. The first-order valence-electron chi connectivity index (χ1n) is 11.7. The number of rotatable bonds is 6. The first kappa shape index (κ1) is 23.9. The van der Waals surface area contributed by atoms with Crippen LogP contribution in [0, 0.1) is 6.92 Å². The van der Waals surface area contributed by atoms with E-state index in [0.717, 1.165) is 41.0 Å². The second-order valence-electron chi connectivity index (χ2n) is 8.69. The van der Waals surface area contributed by atoms with Gasteiger partial charge in [-0.25, -0.2) is 9.59 Å². The summed E-state index contributed by atoms with van der Waals surface area (Å²) in [5.41, 5.74) is 0.918. The normalized spacial score (nSPS) is 17.4. The fraction of sp³-hybridized carbons (Fsp3) is 0.440. The minimum atomic E-state index is -0.899. The number of carbonyl (C=O) groups excluding carboxylic acids is 4. The molecule has 180 valence electrons. The topological polar surface area (TPSA) is 105 Å². The minimum Gasteiger partial charge on any atom is -0.462 e. The highest BCUT2D eigenvalue weighted by Crippen LogP contribution is 2.40. The number of esters is 1. The third kappa shape index (κ3) is 4.57. The molecule has 1 aliphatic carbocycles. The molecule has 8 nitrogen and oxygen atoms in total. The molecule has 2 heterocycles. The van der Waals surface area contributed by atoms with Crippen LogP contribution in [0.5, 0.6) is 0 Å². The molecule has 1 saturated carbocycles. The predicted octanol–water partition coefficient (Wildman–Crippen LogP) is 4.48. The summed E-state index contributed by atoms with van der Waals surface area (Å²) in [5.74, 6) is -1.42. The molecule has 2 N–H and O–H groups in total. The number of anilines is 1. The van der Waals surface area contributed by atoms with Crippen LogP contribution in [0.25, 0.3) is 11.1 Å². The number of hydrogen-bond acceptors (Lipinski definition) is 6. The quantitative estimate of drug-likeness (QED) is 0.466. The average molecular weight is 484 g/mol. The fourth-order valence-corrected chi connectivity index (χ4v) is 5.86. The van der Waals surface area contributed by atoms with E-state index in [2.05, 4.69) is 10.6 Å². The van der Waals surface area contributed by atoms with Crippen molar-refractivity contribution in [2.24, 2.45) is 0 Å². The molecule has 4 rings (SSSR count). The predicted molar refractivity (Wildman–Crippen MR) is 130 cm³/mol. The number of hydrogen-bond donors (Lipinski definition) is 2. The number of ether oxygens (including phenoxy) is 1. The number of benzene rings is 1. The van der Waals surface area contributed by atoms with E-state index in [4.69, 9.17) is 4.74 Å². The Hall–Kier alpha value is -3.20. The fourth-order valence-electron chi connectivity index (χ4n) is 4.78. The number of nitrogens with zero attached hydrogens (tertiary/aromatic N) is 1. The number of urea groups is 1. The minimum absolute atomic E-state index is 0.194. The molecular formula is C25H29N3O5S. The lowest BCUT2D eigenvalue weighted by Crippen LogP contribution is -2.47. The number of carbonyl (C=O) groups is 4. The Bertz CT molecular complexity index is 1100. The number of aryl methyl sites for hydroxylation is 1. The van der Waals surface area contributed by atoms with Gasteiger partial charge in [-0.1, -0.05) is 56.0 Å². The van der Waals surface area contributed by atoms with Gasteiger partial charge in [-0.15, -0.1) is 11.3 Å². The van der Waals surface area contributed by atoms with E-state index < -0.39 is 30.0 Å². The number of thiophene rings is 1. The molecule has 0 radical (unpaired) electrons. The van der Waals surface area contributed by atoms with Gasteiger partial charge in [-0.2, -0.15) is 0 Å². The summed E-state index contributed by atoms with van der Waals surface area (Å²) in [6.07, 6.45) is 4.98. The summed E-state index contributed by atoms with van der Waals surface area (Å²) in [7, 11) is 0. The van der Waals surface area contributed by atoms with E-state index in [1.165, 1.54) is 11.3 Å². The monoisotopic (exact) mass is 483 g/mol. The SMILES string of the molecule is CCOC(=O)c1c(NC(=O)CN2C(=O)NC3(CCCCCC3)C2=O)sc(C)c1-c1ccccc1. The van der Waals surface area contributed by atoms with Crippen molar-refractivity contribution in [2.75, 3.05) is 18.5 Å². The van der Waals surface area contributed by atoms with Crippen molar-refractivity contribution in [3.05, 3.63) is 40.8 Å². The molecule has 1 saturated heterocycles. The van der Waals surface area contributed by atoms with Gasteiger partial charge in [0.1, 0.15) is 22.6 Å². The van der Waals surface area contributed by atoms with Crippen molar-refractivity contribution in [3.8, 4) is 11.1 Å². The Morgan fingerprint density at radius 1 is 1.12 bits per heavy atom. The Labute approximate surface area is 202 Å². The van der Waals surface area contributed by atoms with Crippen LogP contribution in [0.4, 0.5) is 9.80 Å². The van der Waals surface area contributed by atoms with E-state index in [1.54, 1.807) is 6.92 Å². The van der Waals surface area contributed by atoms with Crippen LogP contribution < -0.4 is 10.6 Å². The second kappa shape index (κ2) is 9.97. The van der Waals surface area contributed by atoms with Crippen LogP contribution in [0.1, 0.15) is 60.7 Å². The van der Waals surface area contributed by atoms with Gasteiger partial charge in [0.2, 0.25) is 5.91 Å². The van der Waals surface area contributed by atoms with E-state index in [9.17, 15) is 19.2 Å². The zero-order chi connectivity index (χ0) is 24.3. The number of nitrogens with one attached hydrogen (secondary N) is 2. The highest BCUT2D eigenvalue weighted by Gasteiger charge is 2.51. The lowest BCUT2D eigenvalue weighted by atomic mass is 9.90. The molecule has 2 aromatic rings. The van der Waals surface area contributed by atoms with Gasteiger partial charge in [0.25, 0.3) is 5.91 Å². The summed E-state index contributed by atoms with van der Waals surface area (Å²) < 4.78 is 5.27. The number of amides is 4. The molecule has 34 heavy (non-hydrogen) atoms. The van der Waals surface area contributed by atoms with Crippen molar-refractivity contribution in [3.63, 3.8) is 0 Å². The smallest absolute Gasteiger partial charge is 0.341 e. The van der Waals surface area contributed by atoms with Crippen molar-refractivity contribution in [1.29, 1.82) is 0 Å². The van der Waals surface area contributed by atoms with Gasteiger partial charge in [0, 0.05) is 10.4 Å². The Kier molecular flexibility index (Phi) is 7.02. The zero-order valence-electron chi connectivity index (χ0n) is 19.4. The molecule has 1 aliphatic heterocycles. The molecule has 0 atom stereocenters. The van der Waals surface area contributed by atoms with Gasteiger partial charge in [0.05, 0.1) is 6.61 Å². The first-order chi connectivity index (χ1) is 16.4. The van der Waals surface area contributed by atoms with Gasteiger partial charge < -0.3 is 15.4 Å². The third-order valence-corrected chi connectivity index (χ3v) is 7.40. The summed E-state index contributed by atoms with van der Waals surface area (Å²) in [4.78, 5) is 53.4. The van der Waals surface area contributed by atoms with E-state index in [1.807, 2.05) is 37.3 Å². The average Bonchev–Trinajstić information content (AvgIpc) is 3.11. The van der Waals surface area contributed by atoms with Crippen molar-refractivity contribution in [1.82, 2.24) is 10.2 Å². The van der Waals surface area contributed by atoms with Gasteiger partial charge in [-0.05, 0) is 32.3 Å². The molecule has 1 aromatic heterocycles. The van der Waals surface area contributed by atoms with Crippen LogP contribution in [-0.2, 0) is 14.3 Å². The van der Waals surface area contributed by atoms with E-state index in [0.29, 0.717) is 23.4 Å². The molecule has 1 aromatic carbocycles. The molecule has 4 amide bonds. The maximum atomic E-state index is 13.1. The molecule has 0 unspecified atom stereocenters. The lowest BCUT2D eigenvalue weighted by Gasteiger charge is -2.24. The van der Waals surface area contributed by atoms with E-state index in [-0.39, 0.29) is 18.1 Å². The Morgan fingerprint density at radius 3 is 2.44 bits per heavy atom. The van der Waals surface area contributed by atoms with Crippen molar-refractivity contribution in [2.45, 2.75) is 57.9 Å². The molecule has 9 heteroatoms. The Balaban J connectivity index is 1.57. The highest BCUT2D eigenvalue weighted by molar-refractivity contribution is 7.17. The summed E-state index contributed by atoms with van der Waals surface area (Å²) >= 11 is 1.27. The lowest BCUT2D eigenvalue weighted by molar-refractivity contribution is -0.134. The molecular weight excluding hydrogens is 454 g/mol. The zero-order valence-corrected chi connectivity index (χ0v) is 20.3. The van der Waals surface area contributed by atoms with Gasteiger partial charge in [0.15, 0.2) is 0 Å². The summed E-state index contributed by atoms with van der Waals surface area (Å²) in [5, 5.41) is 5.95. The molecule has 0 bridgehead atoms. The van der Waals surface area contributed by atoms with Crippen LogP contribution in [0.3, 0.4) is 0 Å². The molecule has 2 fully saturated rings. The van der Waals surface area contributed by atoms with Crippen molar-refractivity contribution < 1.29 is 23.9 Å². The molecule has 1 spiro atoms. The largest absolute Gasteiger partial charge is 0.462 e. The van der Waals surface area contributed by atoms with Crippen LogP contribution in [-0.4, -0.2) is 47.4 Å². The van der Waals surface area contributed by atoms with Crippen LogP contribution in [0.15, 0.2) is 30.3 Å². The van der Waals surface area contributed by atoms with Gasteiger partial charge >= 0.3 is 12.0 Å². The second-order valence-corrected chi connectivity index (χ2v) is 9.91. The van der Waals surface area contributed by atoms with Gasteiger partial charge in [-0.3, -0.25) is 14.5 Å². The third-order valence-electron chi connectivity index (χ3n) is 6.38. The van der Waals surface area contributed by atoms with Crippen LogP contribution in [0.2, 0.25) is 0 Å². The number of imide groups is 1. The summed E-state index contributed by atoms with van der Waals surface area (Å²) in [6, 6.07) is 8.88. The highest BCUT2D eigenvalue weighted by atomic mass is 32.1. The Morgan fingerprint density at radius 2 is 1.79 bits per heavy atom.